The molecule has 7 heteroatoms. The number of carbonyl (C=O) groups excluding carboxylic acids is 2. The lowest BCUT2D eigenvalue weighted by molar-refractivity contribution is -0.165. The van der Waals surface area contributed by atoms with E-state index in [-0.39, 0.29) is 18.6 Å². The molecule has 1 saturated heterocycles. The number of phenolic OH excluding ortho intramolecular Hbond substituents is 1. The minimum atomic E-state index is -1.85. The SMILES string of the molecule is C[C@H](C[C@]1(O)CC(O)OC1=O)OC(=O)/C=C/c1ccc(O)cc1. The van der Waals surface area contributed by atoms with Gasteiger partial charge in [-0.25, -0.2) is 9.59 Å². The molecule has 0 radical (unpaired) electrons. The zero-order chi connectivity index (χ0) is 17.0. The lowest BCUT2D eigenvalue weighted by Gasteiger charge is -2.21. The van der Waals surface area contributed by atoms with E-state index in [4.69, 9.17) is 9.84 Å². The van der Waals surface area contributed by atoms with Gasteiger partial charge >= 0.3 is 11.9 Å². The fourth-order valence-electron chi connectivity index (χ4n) is 2.32. The fraction of sp³-hybridized carbons (Fsp3) is 0.375. The van der Waals surface area contributed by atoms with Crippen molar-refractivity contribution in [3.05, 3.63) is 35.9 Å². The summed E-state index contributed by atoms with van der Waals surface area (Å²) < 4.78 is 9.57. The highest BCUT2D eigenvalue weighted by Gasteiger charge is 2.48. The van der Waals surface area contributed by atoms with Crippen LogP contribution in [0, 0.1) is 0 Å². The molecular weight excluding hydrogens is 304 g/mol. The molecule has 0 aromatic heterocycles. The van der Waals surface area contributed by atoms with E-state index >= 15 is 0 Å². The molecular formula is C16H18O7. The first-order valence-corrected chi connectivity index (χ1v) is 7.08. The maximum absolute atomic E-state index is 11.7. The molecule has 1 aliphatic rings. The summed E-state index contributed by atoms with van der Waals surface area (Å²) in [6.07, 6.45) is 0.212. The molecule has 7 nitrogen and oxygen atoms in total. The zero-order valence-corrected chi connectivity index (χ0v) is 12.5. The summed E-state index contributed by atoms with van der Waals surface area (Å²) >= 11 is 0. The average Bonchev–Trinajstić information content (AvgIpc) is 2.70. The number of ether oxygens (including phenoxy) is 2. The Bertz CT molecular complexity index is 607. The number of aliphatic hydroxyl groups excluding tert-OH is 1. The lowest BCUT2D eigenvalue weighted by atomic mass is 9.95. The van der Waals surface area contributed by atoms with Crippen LogP contribution in [0.4, 0.5) is 0 Å². The summed E-state index contributed by atoms with van der Waals surface area (Å²) in [5.41, 5.74) is -1.15. The molecule has 23 heavy (non-hydrogen) atoms. The number of hydrogen-bond acceptors (Lipinski definition) is 7. The highest BCUT2D eigenvalue weighted by atomic mass is 16.7. The van der Waals surface area contributed by atoms with E-state index in [0.717, 1.165) is 0 Å². The number of aromatic hydroxyl groups is 1. The van der Waals surface area contributed by atoms with Crippen LogP contribution < -0.4 is 0 Å². The Morgan fingerprint density at radius 2 is 2.13 bits per heavy atom. The summed E-state index contributed by atoms with van der Waals surface area (Å²) in [5, 5.41) is 28.5. The Morgan fingerprint density at radius 1 is 1.48 bits per heavy atom. The molecule has 3 N–H and O–H groups in total. The first-order chi connectivity index (χ1) is 10.8. The van der Waals surface area contributed by atoms with Gasteiger partial charge in [0.15, 0.2) is 5.60 Å². The smallest absolute Gasteiger partial charge is 0.340 e. The number of cyclic esters (lactones) is 1. The van der Waals surface area contributed by atoms with Crippen LogP contribution in [0.1, 0.15) is 25.3 Å². The van der Waals surface area contributed by atoms with Crippen LogP contribution >= 0.6 is 0 Å². The molecule has 0 saturated carbocycles. The first kappa shape index (κ1) is 17.0. The summed E-state index contributed by atoms with van der Waals surface area (Å²) in [7, 11) is 0. The van der Waals surface area contributed by atoms with Gasteiger partial charge in [-0.15, -0.1) is 0 Å². The summed E-state index contributed by atoms with van der Waals surface area (Å²) in [6.45, 7) is 1.53. The molecule has 124 valence electrons. The van der Waals surface area contributed by atoms with Crippen molar-refractivity contribution in [2.24, 2.45) is 0 Å². The van der Waals surface area contributed by atoms with E-state index < -0.39 is 29.9 Å². The molecule has 1 aliphatic heterocycles. The normalized spacial score (nSPS) is 25.3. The number of esters is 2. The monoisotopic (exact) mass is 322 g/mol. The maximum Gasteiger partial charge on any atom is 0.340 e. The van der Waals surface area contributed by atoms with Crippen molar-refractivity contribution in [3.63, 3.8) is 0 Å². The second-order valence-electron chi connectivity index (χ2n) is 5.47. The van der Waals surface area contributed by atoms with Crippen molar-refractivity contribution in [2.45, 2.75) is 37.8 Å². The third kappa shape index (κ3) is 4.54. The molecule has 1 aromatic rings. The third-order valence-corrected chi connectivity index (χ3v) is 3.38. The standard InChI is InChI=1S/C16H18O7/c1-10(8-16(21)9-14(19)23-15(16)20)22-13(18)7-4-11-2-5-12(17)6-3-11/h2-7,10,14,17,19,21H,8-9H2,1H3/b7-4+/t10-,14?,16+/m1/s1. The first-order valence-electron chi connectivity index (χ1n) is 7.08. The summed E-state index contributed by atoms with van der Waals surface area (Å²) in [6, 6.07) is 6.22. The minimum Gasteiger partial charge on any atom is -0.508 e. The van der Waals surface area contributed by atoms with Gasteiger partial charge in [-0.2, -0.15) is 0 Å². The van der Waals surface area contributed by atoms with Gasteiger partial charge < -0.3 is 24.8 Å². The summed E-state index contributed by atoms with van der Waals surface area (Å²) in [5.74, 6) is -1.44. The number of benzene rings is 1. The van der Waals surface area contributed by atoms with Crippen LogP contribution in [-0.2, 0) is 19.1 Å². The highest BCUT2D eigenvalue weighted by molar-refractivity contribution is 5.87. The summed E-state index contributed by atoms with van der Waals surface area (Å²) in [4.78, 5) is 23.2. The molecule has 3 atom stereocenters. The van der Waals surface area contributed by atoms with E-state index in [9.17, 15) is 19.8 Å². The predicted octanol–water partition coefficient (Wildman–Crippen LogP) is 0.724. The van der Waals surface area contributed by atoms with Crippen molar-refractivity contribution < 1.29 is 34.4 Å². The largest absolute Gasteiger partial charge is 0.508 e. The molecule has 1 fully saturated rings. The van der Waals surface area contributed by atoms with Crippen LogP contribution in [0.3, 0.4) is 0 Å². The van der Waals surface area contributed by atoms with Gasteiger partial charge in [0.25, 0.3) is 0 Å². The number of aliphatic hydroxyl groups is 2. The quantitative estimate of drug-likeness (QED) is 0.541. The van der Waals surface area contributed by atoms with Crippen molar-refractivity contribution in [1.82, 2.24) is 0 Å². The van der Waals surface area contributed by atoms with Crippen LogP contribution in [0.2, 0.25) is 0 Å². The second kappa shape index (κ2) is 6.80. The molecule has 0 spiro atoms. The van der Waals surface area contributed by atoms with E-state index in [0.29, 0.717) is 5.56 Å². The van der Waals surface area contributed by atoms with Gasteiger partial charge in [0.05, 0.1) is 0 Å². The lowest BCUT2D eigenvalue weighted by Crippen LogP contribution is -2.38. The van der Waals surface area contributed by atoms with Gasteiger partial charge in [-0.3, -0.25) is 0 Å². The van der Waals surface area contributed by atoms with Crippen LogP contribution in [0.15, 0.2) is 30.3 Å². The van der Waals surface area contributed by atoms with Gasteiger partial charge in [-0.05, 0) is 30.7 Å². The van der Waals surface area contributed by atoms with Gasteiger partial charge in [0, 0.05) is 18.9 Å². The number of phenols is 1. The zero-order valence-electron chi connectivity index (χ0n) is 12.5. The van der Waals surface area contributed by atoms with E-state index in [1.165, 1.54) is 31.2 Å². The van der Waals surface area contributed by atoms with Crippen LogP contribution in [0.5, 0.6) is 5.75 Å². The Balaban J connectivity index is 1.87. The molecule has 1 heterocycles. The second-order valence-corrected chi connectivity index (χ2v) is 5.47. The molecule has 1 aromatic carbocycles. The van der Waals surface area contributed by atoms with E-state index in [2.05, 4.69) is 4.74 Å². The number of rotatable bonds is 5. The maximum atomic E-state index is 11.7. The van der Waals surface area contributed by atoms with Crippen molar-refractivity contribution in [1.29, 1.82) is 0 Å². The minimum absolute atomic E-state index is 0.122. The van der Waals surface area contributed by atoms with Crippen LogP contribution in [-0.4, -0.2) is 45.3 Å². The highest BCUT2D eigenvalue weighted by Crippen LogP contribution is 2.29. The Labute approximate surface area is 132 Å². The topological polar surface area (TPSA) is 113 Å². The average molecular weight is 322 g/mol. The number of hydrogen-bond donors (Lipinski definition) is 3. The van der Waals surface area contributed by atoms with E-state index in [1.807, 2.05) is 0 Å². The Kier molecular flexibility index (Phi) is 5.02. The Hall–Kier alpha value is -2.38. The third-order valence-electron chi connectivity index (χ3n) is 3.38. The van der Waals surface area contributed by atoms with Crippen molar-refractivity contribution >= 4 is 18.0 Å². The van der Waals surface area contributed by atoms with Gasteiger partial charge in [0.2, 0.25) is 6.29 Å². The molecule has 0 amide bonds. The molecule has 2 rings (SSSR count). The number of carbonyl (C=O) groups is 2. The molecule has 0 aliphatic carbocycles. The van der Waals surface area contributed by atoms with Gasteiger partial charge in [0.1, 0.15) is 11.9 Å². The van der Waals surface area contributed by atoms with E-state index in [1.54, 1.807) is 12.1 Å². The Morgan fingerprint density at radius 3 is 2.70 bits per heavy atom. The molecule has 0 bridgehead atoms. The van der Waals surface area contributed by atoms with Crippen LogP contribution in [0.25, 0.3) is 6.08 Å². The van der Waals surface area contributed by atoms with Crippen molar-refractivity contribution in [3.8, 4) is 5.75 Å². The predicted molar refractivity (Wildman–Crippen MR) is 79.0 cm³/mol. The van der Waals surface area contributed by atoms with Crippen molar-refractivity contribution in [2.75, 3.05) is 0 Å². The molecule has 1 unspecified atom stereocenters. The fourth-order valence-corrected chi connectivity index (χ4v) is 2.32. The van der Waals surface area contributed by atoms with Gasteiger partial charge in [-0.1, -0.05) is 12.1 Å².